The van der Waals surface area contributed by atoms with E-state index in [1.54, 1.807) is 12.1 Å². The molecule has 0 aliphatic carbocycles. The van der Waals surface area contributed by atoms with Crippen molar-refractivity contribution in [2.75, 3.05) is 5.32 Å². The fraction of sp³-hybridized carbons (Fsp3) is 0.231. The molecule has 0 aliphatic rings. The molecule has 1 aromatic carbocycles. The van der Waals surface area contributed by atoms with Gasteiger partial charge in [-0.15, -0.1) is 0 Å². The molecule has 19 heavy (non-hydrogen) atoms. The van der Waals surface area contributed by atoms with Gasteiger partial charge in [-0.1, -0.05) is 24.6 Å². The van der Waals surface area contributed by atoms with E-state index in [1.807, 2.05) is 36.4 Å². The first-order chi connectivity index (χ1) is 9.02. The molecule has 1 N–H and O–H groups in total. The molecule has 0 amide bonds. The Morgan fingerprint density at radius 3 is 2.79 bits per heavy atom. The summed E-state index contributed by atoms with van der Waals surface area (Å²) < 4.78 is 14.0. The van der Waals surface area contributed by atoms with Crippen LogP contribution in [0.4, 0.5) is 15.9 Å². The van der Waals surface area contributed by atoms with Gasteiger partial charge in [0.05, 0.1) is 9.26 Å². The smallest absolute Gasteiger partial charge is 0.138 e. The molecule has 0 aliphatic heterocycles. The molecule has 2 rings (SSSR count). The minimum atomic E-state index is -0.265. The van der Waals surface area contributed by atoms with Crippen LogP contribution in [0.1, 0.15) is 18.3 Å². The van der Waals surface area contributed by atoms with Crippen LogP contribution in [0.15, 0.2) is 18.2 Å². The summed E-state index contributed by atoms with van der Waals surface area (Å²) in [6.07, 6.45) is 0.689. The van der Waals surface area contributed by atoms with Crippen LogP contribution < -0.4 is 5.32 Å². The summed E-state index contributed by atoms with van der Waals surface area (Å²) >= 11 is 8.02. The van der Waals surface area contributed by atoms with Gasteiger partial charge in [-0.2, -0.15) is 0 Å². The SMILES string of the molecule is CCc1nc(Cl)c(C)c(Nc2cccc(F)c2I)n1. The van der Waals surface area contributed by atoms with Gasteiger partial charge in [0.15, 0.2) is 0 Å². The minimum Gasteiger partial charge on any atom is -0.339 e. The second kappa shape index (κ2) is 6.00. The van der Waals surface area contributed by atoms with E-state index < -0.39 is 0 Å². The molecule has 3 nitrogen and oxygen atoms in total. The monoisotopic (exact) mass is 391 g/mol. The van der Waals surface area contributed by atoms with Crippen LogP contribution in [0.5, 0.6) is 0 Å². The molecule has 0 bridgehead atoms. The lowest BCUT2D eigenvalue weighted by molar-refractivity contribution is 0.621. The topological polar surface area (TPSA) is 37.8 Å². The first-order valence-electron chi connectivity index (χ1n) is 5.77. The Hall–Kier alpha value is -0.950. The van der Waals surface area contributed by atoms with E-state index in [0.29, 0.717) is 32.5 Å². The average Bonchev–Trinajstić information content (AvgIpc) is 2.39. The molecule has 2 aromatic rings. The highest BCUT2D eigenvalue weighted by Crippen LogP contribution is 2.27. The molecule has 0 saturated heterocycles. The molecule has 0 fully saturated rings. The summed E-state index contributed by atoms with van der Waals surface area (Å²) in [5.74, 6) is 1.00. The van der Waals surface area contributed by atoms with Crippen molar-refractivity contribution < 1.29 is 4.39 Å². The minimum absolute atomic E-state index is 0.265. The molecule has 0 spiro atoms. The Labute approximate surface area is 129 Å². The van der Waals surface area contributed by atoms with Crippen molar-refractivity contribution in [3.05, 3.63) is 44.1 Å². The number of anilines is 2. The van der Waals surface area contributed by atoms with Crippen molar-refractivity contribution in [3.63, 3.8) is 0 Å². The lowest BCUT2D eigenvalue weighted by atomic mass is 10.2. The van der Waals surface area contributed by atoms with Crippen LogP contribution in [0, 0.1) is 16.3 Å². The molecule has 0 unspecified atom stereocenters. The van der Waals surface area contributed by atoms with Crippen molar-refractivity contribution in [2.45, 2.75) is 20.3 Å². The zero-order valence-electron chi connectivity index (χ0n) is 10.5. The Morgan fingerprint density at radius 2 is 2.11 bits per heavy atom. The van der Waals surface area contributed by atoms with Crippen molar-refractivity contribution in [3.8, 4) is 0 Å². The molecular weight excluding hydrogens is 380 g/mol. The van der Waals surface area contributed by atoms with E-state index in [2.05, 4.69) is 15.3 Å². The van der Waals surface area contributed by atoms with E-state index in [4.69, 9.17) is 11.6 Å². The number of aromatic nitrogens is 2. The number of aryl methyl sites for hydroxylation is 1. The third-order valence-electron chi connectivity index (χ3n) is 2.65. The quantitative estimate of drug-likeness (QED) is 0.619. The van der Waals surface area contributed by atoms with Crippen molar-refractivity contribution in [1.82, 2.24) is 9.97 Å². The molecular formula is C13H12ClFIN3. The van der Waals surface area contributed by atoms with Crippen LogP contribution in [0.3, 0.4) is 0 Å². The van der Waals surface area contributed by atoms with Crippen molar-refractivity contribution in [1.29, 1.82) is 0 Å². The normalized spacial score (nSPS) is 10.6. The van der Waals surface area contributed by atoms with Crippen LogP contribution in [0.2, 0.25) is 5.15 Å². The molecule has 0 saturated carbocycles. The number of nitrogens with zero attached hydrogens (tertiary/aromatic N) is 2. The zero-order chi connectivity index (χ0) is 14.0. The molecule has 0 radical (unpaired) electrons. The Morgan fingerprint density at radius 1 is 1.37 bits per heavy atom. The summed E-state index contributed by atoms with van der Waals surface area (Å²) in [5, 5.41) is 3.53. The largest absolute Gasteiger partial charge is 0.339 e. The number of nitrogens with one attached hydrogen (secondary N) is 1. The fourth-order valence-corrected chi connectivity index (χ4v) is 2.22. The van der Waals surface area contributed by atoms with Crippen LogP contribution in [-0.2, 0) is 6.42 Å². The summed E-state index contributed by atoms with van der Waals surface area (Å²) in [7, 11) is 0. The van der Waals surface area contributed by atoms with Gasteiger partial charge in [-0.05, 0) is 41.6 Å². The molecule has 6 heteroatoms. The first kappa shape index (κ1) is 14.5. The lowest BCUT2D eigenvalue weighted by Crippen LogP contribution is -2.04. The van der Waals surface area contributed by atoms with E-state index >= 15 is 0 Å². The Bertz CT molecular complexity index is 619. The van der Waals surface area contributed by atoms with Crippen LogP contribution in [0.25, 0.3) is 0 Å². The predicted molar refractivity (Wildman–Crippen MR) is 83.6 cm³/mol. The maximum atomic E-state index is 13.5. The summed E-state index contributed by atoms with van der Waals surface area (Å²) in [6.45, 7) is 3.78. The number of halogens is 3. The van der Waals surface area contributed by atoms with E-state index in [0.717, 1.165) is 5.56 Å². The van der Waals surface area contributed by atoms with Crippen LogP contribution in [-0.4, -0.2) is 9.97 Å². The molecule has 1 heterocycles. The number of rotatable bonds is 3. The Kier molecular flexibility index (Phi) is 4.57. The van der Waals surface area contributed by atoms with Gasteiger partial charge >= 0.3 is 0 Å². The Balaban J connectivity index is 2.43. The molecule has 100 valence electrons. The van der Waals surface area contributed by atoms with E-state index in [-0.39, 0.29) is 5.82 Å². The highest BCUT2D eigenvalue weighted by Gasteiger charge is 2.11. The fourth-order valence-electron chi connectivity index (χ4n) is 1.54. The third-order valence-corrected chi connectivity index (χ3v) is 4.12. The van der Waals surface area contributed by atoms with Crippen molar-refractivity contribution >= 4 is 45.7 Å². The average molecular weight is 392 g/mol. The van der Waals surface area contributed by atoms with Gasteiger partial charge in [0.1, 0.15) is 22.6 Å². The summed E-state index contributed by atoms with van der Waals surface area (Å²) in [6, 6.07) is 4.87. The van der Waals surface area contributed by atoms with Gasteiger partial charge in [0, 0.05) is 12.0 Å². The van der Waals surface area contributed by atoms with E-state index in [1.165, 1.54) is 6.07 Å². The van der Waals surface area contributed by atoms with Crippen molar-refractivity contribution in [2.24, 2.45) is 0 Å². The highest BCUT2D eigenvalue weighted by molar-refractivity contribution is 14.1. The maximum Gasteiger partial charge on any atom is 0.138 e. The number of hydrogen-bond acceptors (Lipinski definition) is 3. The van der Waals surface area contributed by atoms with Gasteiger partial charge < -0.3 is 5.32 Å². The number of hydrogen-bond donors (Lipinski definition) is 1. The van der Waals surface area contributed by atoms with Crippen LogP contribution >= 0.6 is 34.2 Å². The standard InChI is InChI=1S/C13H12ClFIN3/c1-3-10-18-12(14)7(2)13(19-10)17-9-6-4-5-8(15)11(9)16/h4-6H,3H2,1-2H3,(H,17,18,19). The third kappa shape index (κ3) is 3.14. The lowest BCUT2D eigenvalue weighted by Gasteiger charge is -2.12. The highest BCUT2D eigenvalue weighted by atomic mass is 127. The number of benzene rings is 1. The van der Waals surface area contributed by atoms with Gasteiger partial charge in [0.2, 0.25) is 0 Å². The predicted octanol–water partition coefficient (Wildman–Crippen LogP) is 4.49. The van der Waals surface area contributed by atoms with Gasteiger partial charge in [-0.25, -0.2) is 14.4 Å². The molecule has 1 aromatic heterocycles. The first-order valence-corrected chi connectivity index (χ1v) is 7.22. The maximum absolute atomic E-state index is 13.5. The van der Waals surface area contributed by atoms with Gasteiger partial charge in [0.25, 0.3) is 0 Å². The summed E-state index contributed by atoms with van der Waals surface area (Å²) in [5.41, 5.74) is 1.42. The van der Waals surface area contributed by atoms with Gasteiger partial charge in [-0.3, -0.25) is 0 Å². The molecule has 0 atom stereocenters. The second-order valence-electron chi connectivity index (χ2n) is 3.98. The second-order valence-corrected chi connectivity index (χ2v) is 5.42. The van der Waals surface area contributed by atoms with E-state index in [9.17, 15) is 4.39 Å². The summed E-state index contributed by atoms with van der Waals surface area (Å²) in [4.78, 5) is 8.56. The zero-order valence-corrected chi connectivity index (χ0v) is 13.4.